The summed E-state index contributed by atoms with van der Waals surface area (Å²) in [5.41, 5.74) is 1.36. The minimum Gasteiger partial charge on any atom is -0.417 e. The molecule has 1 aromatic heterocycles. The van der Waals surface area contributed by atoms with Gasteiger partial charge < -0.3 is 9.22 Å². The number of aromatic nitrogens is 1. The zero-order valence-corrected chi connectivity index (χ0v) is 17.7. The fourth-order valence-corrected chi connectivity index (χ4v) is 4.02. The number of hydrogen-bond donors (Lipinski definition) is 0. The standard InChI is InChI=1S/C22H31NO2Si/c1-21(2,3)26(4,5)25-17-9-14-22(18-24,19-10-7-6-8-11-19)20-12-15-23-16-13-20/h6-8,10-13,15-16,18H,9,14,17H2,1-5H3. The number of carbonyl (C=O) groups is 1. The molecule has 1 atom stereocenters. The fraction of sp³-hybridized carbons (Fsp3) is 0.455. The first-order chi connectivity index (χ1) is 12.2. The third-order valence-electron chi connectivity index (χ3n) is 5.67. The second-order valence-electron chi connectivity index (χ2n) is 8.40. The fourth-order valence-electron chi connectivity index (χ4n) is 2.93. The molecule has 0 amide bonds. The molecule has 2 aromatic rings. The van der Waals surface area contributed by atoms with Crippen molar-refractivity contribution in [3.05, 3.63) is 66.0 Å². The summed E-state index contributed by atoms with van der Waals surface area (Å²) in [6, 6.07) is 13.9. The first-order valence-corrected chi connectivity index (χ1v) is 12.2. The average molecular weight is 370 g/mol. The van der Waals surface area contributed by atoms with E-state index in [0.717, 1.165) is 30.3 Å². The topological polar surface area (TPSA) is 39.2 Å². The molecule has 2 rings (SSSR count). The molecule has 0 aliphatic rings. The van der Waals surface area contributed by atoms with Crippen LogP contribution in [0.3, 0.4) is 0 Å². The lowest BCUT2D eigenvalue weighted by Gasteiger charge is -2.36. The van der Waals surface area contributed by atoms with Gasteiger partial charge in [-0.3, -0.25) is 4.98 Å². The molecule has 0 aliphatic carbocycles. The van der Waals surface area contributed by atoms with E-state index in [1.54, 1.807) is 12.4 Å². The molecular weight excluding hydrogens is 338 g/mol. The van der Waals surface area contributed by atoms with E-state index in [2.05, 4.69) is 38.8 Å². The van der Waals surface area contributed by atoms with Crippen LogP contribution in [0.2, 0.25) is 18.1 Å². The van der Waals surface area contributed by atoms with Gasteiger partial charge in [-0.2, -0.15) is 0 Å². The van der Waals surface area contributed by atoms with Crippen LogP contribution in [0.1, 0.15) is 44.7 Å². The summed E-state index contributed by atoms with van der Waals surface area (Å²) in [6.07, 6.45) is 6.15. The SMILES string of the molecule is CC(C)(C)[Si](C)(C)OCCCC(C=O)(c1ccccc1)c1ccncc1. The van der Waals surface area contributed by atoms with Crippen LogP contribution in [0.25, 0.3) is 0 Å². The Balaban J connectivity index is 2.20. The van der Waals surface area contributed by atoms with Gasteiger partial charge in [0.05, 0.1) is 5.41 Å². The van der Waals surface area contributed by atoms with Gasteiger partial charge in [0.25, 0.3) is 0 Å². The number of carbonyl (C=O) groups excluding carboxylic acids is 1. The van der Waals surface area contributed by atoms with Crippen molar-refractivity contribution in [1.82, 2.24) is 4.98 Å². The summed E-state index contributed by atoms with van der Waals surface area (Å²) in [4.78, 5) is 16.4. The predicted molar refractivity (Wildman–Crippen MR) is 110 cm³/mol. The molecule has 0 bridgehead atoms. The second-order valence-corrected chi connectivity index (χ2v) is 13.2. The Kier molecular flexibility index (Phi) is 6.53. The summed E-state index contributed by atoms with van der Waals surface area (Å²) >= 11 is 0. The summed E-state index contributed by atoms with van der Waals surface area (Å²) in [5, 5.41) is 0.194. The lowest BCUT2D eigenvalue weighted by atomic mass is 9.73. The van der Waals surface area contributed by atoms with Gasteiger partial charge in [-0.15, -0.1) is 0 Å². The normalized spacial score (nSPS) is 14.7. The maximum absolute atomic E-state index is 12.3. The summed E-state index contributed by atoms with van der Waals surface area (Å²) < 4.78 is 6.32. The molecule has 1 unspecified atom stereocenters. The van der Waals surface area contributed by atoms with Crippen molar-refractivity contribution < 1.29 is 9.22 Å². The average Bonchev–Trinajstić information content (AvgIpc) is 2.63. The molecule has 140 valence electrons. The van der Waals surface area contributed by atoms with E-state index in [0.29, 0.717) is 6.61 Å². The molecule has 0 saturated heterocycles. The first-order valence-electron chi connectivity index (χ1n) is 9.29. The summed E-state index contributed by atoms with van der Waals surface area (Å²) in [7, 11) is -1.77. The summed E-state index contributed by atoms with van der Waals surface area (Å²) in [6.45, 7) is 12.0. The third-order valence-corrected chi connectivity index (χ3v) is 10.2. The van der Waals surface area contributed by atoms with E-state index in [9.17, 15) is 4.79 Å². The Morgan fingerprint density at radius 3 is 2.12 bits per heavy atom. The number of hydrogen-bond acceptors (Lipinski definition) is 3. The molecule has 0 aliphatic heterocycles. The molecule has 4 heteroatoms. The van der Waals surface area contributed by atoms with E-state index in [-0.39, 0.29) is 5.04 Å². The van der Waals surface area contributed by atoms with Crippen molar-refractivity contribution in [3.63, 3.8) is 0 Å². The molecule has 0 N–H and O–H groups in total. The Hall–Kier alpha value is -1.78. The van der Waals surface area contributed by atoms with E-state index in [4.69, 9.17) is 4.43 Å². The van der Waals surface area contributed by atoms with E-state index in [1.807, 2.05) is 42.5 Å². The Morgan fingerprint density at radius 2 is 1.58 bits per heavy atom. The van der Waals surface area contributed by atoms with Crippen LogP contribution in [-0.4, -0.2) is 26.2 Å². The molecule has 1 aromatic carbocycles. The quantitative estimate of drug-likeness (QED) is 0.357. The lowest BCUT2D eigenvalue weighted by molar-refractivity contribution is -0.111. The van der Waals surface area contributed by atoms with Gasteiger partial charge in [0.15, 0.2) is 8.32 Å². The van der Waals surface area contributed by atoms with Gasteiger partial charge in [0.2, 0.25) is 0 Å². The van der Waals surface area contributed by atoms with E-state index < -0.39 is 13.7 Å². The number of rotatable bonds is 8. The minimum absolute atomic E-state index is 0.194. The zero-order chi connectivity index (χ0) is 19.3. The van der Waals surface area contributed by atoms with Gasteiger partial charge >= 0.3 is 0 Å². The summed E-state index contributed by atoms with van der Waals surface area (Å²) in [5.74, 6) is 0. The highest BCUT2D eigenvalue weighted by Gasteiger charge is 2.38. The maximum atomic E-state index is 12.3. The van der Waals surface area contributed by atoms with Crippen LogP contribution in [0, 0.1) is 0 Å². The number of nitrogens with zero attached hydrogens (tertiary/aromatic N) is 1. The van der Waals surface area contributed by atoms with E-state index in [1.165, 1.54) is 0 Å². The highest BCUT2D eigenvalue weighted by molar-refractivity contribution is 6.74. The monoisotopic (exact) mass is 369 g/mol. The van der Waals surface area contributed by atoms with Crippen LogP contribution in [0.15, 0.2) is 54.9 Å². The van der Waals surface area contributed by atoms with Crippen LogP contribution in [-0.2, 0) is 14.6 Å². The zero-order valence-electron chi connectivity index (χ0n) is 16.7. The second kappa shape index (κ2) is 8.27. The van der Waals surface area contributed by atoms with Crippen molar-refractivity contribution in [3.8, 4) is 0 Å². The van der Waals surface area contributed by atoms with E-state index >= 15 is 0 Å². The van der Waals surface area contributed by atoms with Crippen LogP contribution >= 0.6 is 0 Å². The Labute approximate surface area is 159 Å². The van der Waals surface area contributed by atoms with Crippen molar-refractivity contribution in [2.75, 3.05) is 6.61 Å². The van der Waals surface area contributed by atoms with Gasteiger partial charge in [0.1, 0.15) is 6.29 Å². The Morgan fingerprint density at radius 1 is 1.00 bits per heavy atom. The molecule has 0 fully saturated rings. The van der Waals surface area contributed by atoms with Crippen molar-refractivity contribution in [2.45, 2.75) is 57.2 Å². The molecule has 0 saturated carbocycles. The Bertz CT molecular complexity index is 654. The van der Waals surface area contributed by atoms with Crippen LogP contribution in [0.4, 0.5) is 0 Å². The van der Waals surface area contributed by atoms with Gasteiger partial charge in [-0.05, 0) is 54.2 Å². The smallest absolute Gasteiger partial charge is 0.191 e. The van der Waals surface area contributed by atoms with Crippen molar-refractivity contribution in [2.24, 2.45) is 0 Å². The molecule has 1 heterocycles. The van der Waals surface area contributed by atoms with Crippen LogP contribution < -0.4 is 0 Å². The van der Waals surface area contributed by atoms with Gasteiger partial charge in [-0.1, -0.05) is 51.1 Å². The van der Waals surface area contributed by atoms with Crippen molar-refractivity contribution >= 4 is 14.6 Å². The van der Waals surface area contributed by atoms with Crippen molar-refractivity contribution in [1.29, 1.82) is 0 Å². The first kappa shape index (κ1) is 20.5. The highest BCUT2D eigenvalue weighted by Crippen LogP contribution is 2.38. The third kappa shape index (κ3) is 4.49. The van der Waals surface area contributed by atoms with Gasteiger partial charge in [-0.25, -0.2) is 0 Å². The predicted octanol–water partition coefficient (Wildman–Crippen LogP) is 5.37. The molecular formula is C22H31NO2Si. The van der Waals surface area contributed by atoms with Gasteiger partial charge in [0, 0.05) is 19.0 Å². The molecule has 3 nitrogen and oxygen atoms in total. The number of pyridine rings is 1. The largest absolute Gasteiger partial charge is 0.417 e. The minimum atomic E-state index is -1.77. The highest BCUT2D eigenvalue weighted by atomic mass is 28.4. The maximum Gasteiger partial charge on any atom is 0.191 e. The molecule has 0 spiro atoms. The van der Waals surface area contributed by atoms with Crippen LogP contribution in [0.5, 0.6) is 0 Å². The molecule has 0 radical (unpaired) electrons. The number of aldehydes is 1. The number of benzene rings is 1. The lowest BCUT2D eigenvalue weighted by Crippen LogP contribution is -2.41. The molecule has 26 heavy (non-hydrogen) atoms.